The lowest BCUT2D eigenvalue weighted by Crippen LogP contribution is -2.17. The van der Waals surface area contributed by atoms with Gasteiger partial charge in [-0.05, 0) is 12.0 Å². The monoisotopic (exact) mass is 153 g/mol. The first-order valence-corrected chi connectivity index (χ1v) is 3.81. The van der Waals surface area contributed by atoms with Crippen LogP contribution in [0.3, 0.4) is 0 Å². The molecule has 3 heteroatoms. The van der Waals surface area contributed by atoms with E-state index in [1.54, 1.807) is 0 Å². The second kappa shape index (κ2) is 2.96. The highest BCUT2D eigenvalue weighted by atomic mass is 14.8. The Balaban J connectivity index is 2.84. The zero-order chi connectivity index (χ0) is 8.43. The molecule has 0 saturated heterocycles. The van der Waals surface area contributed by atoms with E-state index in [9.17, 15) is 0 Å². The fourth-order valence-electron chi connectivity index (χ4n) is 1.04. The van der Waals surface area contributed by atoms with Gasteiger partial charge in [-0.1, -0.05) is 13.8 Å². The number of nitrogen functional groups attached to an aromatic ring is 1. The molecule has 0 saturated carbocycles. The second-order valence-corrected chi connectivity index (χ2v) is 3.12. The summed E-state index contributed by atoms with van der Waals surface area (Å²) in [6.07, 6.45) is 1.81. The second-order valence-electron chi connectivity index (χ2n) is 3.12. The molecular formula is C8H15N3. The minimum Gasteiger partial charge on any atom is -0.385 e. The van der Waals surface area contributed by atoms with Crippen molar-refractivity contribution >= 4 is 5.82 Å². The van der Waals surface area contributed by atoms with Gasteiger partial charge >= 0.3 is 0 Å². The number of nitrogens with one attached hydrogen (secondary N) is 1. The van der Waals surface area contributed by atoms with Gasteiger partial charge in [0.25, 0.3) is 0 Å². The molecule has 62 valence electrons. The first kappa shape index (κ1) is 8.14. The van der Waals surface area contributed by atoms with E-state index in [1.807, 2.05) is 12.3 Å². The van der Waals surface area contributed by atoms with Gasteiger partial charge in [0, 0.05) is 17.8 Å². The maximum absolute atomic E-state index is 5.88. The maximum atomic E-state index is 5.88. The number of rotatable bonds is 2. The predicted octanol–water partition coefficient (Wildman–Crippen LogP) is 1.25. The first-order chi connectivity index (χ1) is 5.13. The number of aromatic nitrogens is 1. The van der Waals surface area contributed by atoms with Crippen molar-refractivity contribution in [3.63, 3.8) is 0 Å². The van der Waals surface area contributed by atoms with E-state index >= 15 is 0 Å². The highest BCUT2D eigenvalue weighted by Gasteiger charge is 2.13. The number of hydrogen-bond acceptors (Lipinski definition) is 2. The molecule has 0 unspecified atom stereocenters. The van der Waals surface area contributed by atoms with Crippen LogP contribution in [0.15, 0.2) is 12.3 Å². The largest absolute Gasteiger partial charge is 0.385 e. The van der Waals surface area contributed by atoms with Crippen molar-refractivity contribution in [2.24, 2.45) is 11.7 Å². The lowest BCUT2D eigenvalue weighted by atomic mass is 9.99. The topological polar surface area (TPSA) is 67.8 Å². The molecule has 0 aliphatic rings. The van der Waals surface area contributed by atoms with Gasteiger partial charge in [0.05, 0.1) is 0 Å². The fraction of sp³-hybridized carbons (Fsp3) is 0.500. The minimum absolute atomic E-state index is 0.0428. The lowest BCUT2D eigenvalue weighted by Gasteiger charge is -2.14. The molecule has 1 rings (SSSR count). The third-order valence-electron chi connectivity index (χ3n) is 1.89. The van der Waals surface area contributed by atoms with Gasteiger partial charge in [0.2, 0.25) is 0 Å². The molecule has 0 amide bonds. The quantitative estimate of drug-likeness (QED) is 0.598. The molecule has 0 aromatic carbocycles. The summed E-state index contributed by atoms with van der Waals surface area (Å²) in [5.41, 5.74) is 12.5. The normalized spacial score (nSPS) is 13.8. The molecule has 0 fully saturated rings. The number of H-pyrrole nitrogens is 1. The smallest absolute Gasteiger partial charge is 0.105 e. The van der Waals surface area contributed by atoms with Crippen molar-refractivity contribution in [1.29, 1.82) is 0 Å². The molecular weight excluding hydrogens is 138 g/mol. The molecule has 5 N–H and O–H groups in total. The summed E-state index contributed by atoms with van der Waals surface area (Å²) in [6, 6.07) is 1.97. The van der Waals surface area contributed by atoms with Crippen LogP contribution < -0.4 is 11.5 Å². The summed E-state index contributed by atoms with van der Waals surface area (Å²) in [6.45, 7) is 4.16. The van der Waals surface area contributed by atoms with Gasteiger partial charge in [0.1, 0.15) is 5.82 Å². The van der Waals surface area contributed by atoms with Crippen molar-refractivity contribution in [3.8, 4) is 0 Å². The van der Waals surface area contributed by atoms with Crippen molar-refractivity contribution in [2.45, 2.75) is 19.9 Å². The van der Waals surface area contributed by atoms with E-state index in [2.05, 4.69) is 18.8 Å². The first-order valence-electron chi connectivity index (χ1n) is 3.81. The van der Waals surface area contributed by atoms with Crippen LogP contribution >= 0.6 is 0 Å². The number of nitrogens with two attached hydrogens (primary N) is 2. The summed E-state index contributed by atoms with van der Waals surface area (Å²) in [5, 5.41) is 0. The molecule has 1 heterocycles. The summed E-state index contributed by atoms with van der Waals surface area (Å²) in [5.74, 6) is 1.11. The number of anilines is 1. The molecule has 0 spiro atoms. The molecule has 0 radical (unpaired) electrons. The molecule has 0 aliphatic heterocycles. The van der Waals surface area contributed by atoms with Gasteiger partial charge in [-0.2, -0.15) is 0 Å². The molecule has 1 atom stereocenters. The highest BCUT2D eigenvalue weighted by molar-refractivity contribution is 5.41. The van der Waals surface area contributed by atoms with Gasteiger partial charge in [-0.15, -0.1) is 0 Å². The van der Waals surface area contributed by atoms with Crippen LogP contribution in [0.5, 0.6) is 0 Å². The van der Waals surface area contributed by atoms with Crippen LogP contribution in [0.4, 0.5) is 5.82 Å². The Labute approximate surface area is 66.8 Å². The Kier molecular flexibility index (Phi) is 2.19. The fourth-order valence-corrected chi connectivity index (χ4v) is 1.04. The average molecular weight is 153 g/mol. The molecule has 1 aromatic rings. The minimum atomic E-state index is 0.0428. The number of aromatic amines is 1. The zero-order valence-electron chi connectivity index (χ0n) is 6.96. The van der Waals surface area contributed by atoms with Gasteiger partial charge in [-0.3, -0.25) is 0 Å². The van der Waals surface area contributed by atoms with Crippen molar-refractivity contribution in [2.75, 3.05) is 5.73 Å². The van der Waals surface area contributed by atoms with Gasteiger partial charge in [-0.25, -0.2) is 0 Å². The Morgan fingerprint density at radius 1 is 1.45 bits per heavy atom. The molecule has 1 aromatic heterocycles. The average Bonchev–Trinajstić information content (AvgIpc) is 2.33. The molecule has 3 nitrogen and oxygen atoms in total. The highest BCUT2D eigenvalue weighted by Crippen LogP contribution is 2.22. The summed E-state index contributed by atoms with van der Waals surface area (Å²) in [7, 11) is 0. The third-order valence-corrected chi connectivity index (χ3v) is 1.89. The van der Waals surface area contributed by atoms with Crippen LogP contribution in [0, 0.1) is 5.92 Å². The Bertz CT molecular complexity index is 227. The lowest BCUT2D eigenvalue weighted by molar-refractivity contribution is 0.516. The predicted molar refractivity (Wildman–Crippen MR) is 47.0 cm³/mol. The summed E-state index contributed by atoms with van der Waals surface area (Å²) < 4.78 is 0. The summed E-state index contributed by atoms with van der Waals surface area (Å²) in [4.78, 5) is 2.90. The maximum Gasteiger partial charge on any atom is 0.105 e. The van der Waals surface area contributed by atoms with E-state index in [4.69, 9.17) is 11.5 Å². The van der Waals surface area contributed by atoms with Gasteiger partial charge < -0.3 is 16.5 Å². The van der Waals surface area contributed by atoms with Crippen molar-refractivity contribution < 1.29 is 0 Å². The van der Waals surface area contributed by atoms with Crippen LogP contribution in [0.25, 0.3) is 0 Å². The number of hydrogen-bond donors (Lipinski definition) is 3. The van der Waals surface area contributed by atoms with Crippen LogP contribution in [0.1, 0.15) is 25.5 Å². The molecule has 11 heavy (non-hydrogen) atoms. The third kappa shape index (κ3) is 1.54. The summed E-state index contributed by atoms with van der Waals surface area (Å²) >= 11 is 0. The van der Waals surface area contributed by atoms with Crippen LogP contribution in [-0.4, -0.2) is 4.98 Å². The van der Waals surface area contributed by atoms with Gasteiger partial charge in [0.15, 0.2) is 0 Å². The molecule has 0 bridgehead atoms. The van der Waals surface area contributed by atoms with Crippen LogP contribution in [0.2, 0.25) is 0 Å². The molecule has 0 aliphatic carbocycles. The van der Waals surface area contributed by atoms with Crippen molar-refractivity contribution in [1.82, 2.24) is 4.98 Å². The van der Waals surface area contributed by atoms with E-state index in [0.717, 1.165) is 5.56 Å². The SMILES string of the molecule is CC(C)[C@@H](N)c1cc[nH]c1N. The zero-order valence-corrected chi connectivity index (χ0v) is 6.96. The standard InChI is InChI=1S/C8H15N3/c1-5(2)7(9)6-3-4-11-8(6)10/h3-5,7,11H,9-10H2,1-2H3/t7-/m1/s1. The van der Waals surface area contributed by atoms with Crippen LogP contribution in [-0.2, 0) is 0 Å². The Morgan fingerprint density at radius 2 is 2.09 bits per heavy atom. The van der Waals surface area contributed by atoms with E-state index in [1.165, 1.54) is 0 Å². The Hall–Kier alpha value is -0.960. The van der Waals surface area contributed by atoms with E-state index < -0.39 is 0 Å². The van der Waals surface area contributed by atoms with E-state index in [0.29, 0.717) is 11.7 Å². The van der Waals surface area contributed by atoms with E-state index in [-0.39, 0.29) is 6.04 Å². The Morgan fingerprint density at radius 3 is 2.45 bits per heavy atom. The van der Waals surface area contributed by atoms with Crippen molar-refractivity contribution in [3.05, 3.63) is 17.8 Å².